The first-order valence-electron chi connectivity index (χ1n) is 3.71. The van der Waals surface area contributed by atoms with Crippen LogP contribution in [0.1, 0.15) is 24.5 Å². The summed E-state index contributed by atoms with van der Waals surface area (Å²) in [6.45, 7) is 0. The Morgan fingerprint density at radius 2 is 2.31 bits per heavy atom. The van der Waals surface area contributed by atoms with E-state index in [0.717, 1.165) is 0 Å². The Morgan fingerprint density at radius 1 is 1.62 bits per heavy atom. The highest BCUT2D eigenvalue weighted by Crippen LogP contribution is 2.36. The maximum atomic E-state index is 9.61. The Kier molecular flexibility index (Phi) is 4.08. The van der Waals surface area contributed by atoms with Crippen molar-refractivity contribution in [3.05, 3.63) is 20.3 Å². The molecule has 0 amide bonds. The lowest BCUT2D eigenvalue weighted by molar-refractivity contribution is 0.170. The summed E-state index contributed by atoms with van der Waals surface area (Å²) in [4.78, 5) is 0. The molecular formula is C9H8Cl2OS. The first-order chi connectivity index (χ1) is 6.15. The summed E-state index contributed by atoms with van der Waals surface area (Å²) in [5.41, 5.74) is 0.673. The monoisotopic (exact) mass is 234 g/mol. The van der Waals surface area contributed by atoms with Gasteiger partial charge in [-0.1, -0.05) is 23.2 Å². The molecule has 0 radical (unpaired) electrons. The van der Waals surface area contributed by atoms with Crippen LogP contribution in [0.25, 0.3) is 0 Å². The number of thiophene rings is 1. The number of aliphatic hydroxyl groups excluding tert-OH is 1. The largest absolute Gasteiger partial charge is 0.388 e. The fourth-order valence-electron chi connectivity index (χ4n) is 0.956. The second-order valence-corrected chi connectivity index (χ2v) is 4.82. The lowest BCUT2D eigenvalue weighted by Crippen LogP contribution is -1.94. The lowest BCUT2D eigenvalue weighted by Gasteiger charge is -2.06. The lowest BCUT2D eigenvalue weighted by atomic mass is 10.1. The molecule has 1 aromatic heterocycles. The van der Waals surface area contributed by atoms with E-state index in [1.54, 1.807) is 6.07 Å². The normalized spacial score (nSPS) is 12.5. The van der Waals surface area contributed by atoms with Gasteiger partial charge < -0.3 is 5.11 Å². The van der Waals surface area contributed by atoms with E-state index in [-0.39, 0.29) is 0 Å². The molecule has 70 valence electrons. The molecular weight excluding hydrogens is 227 g/mol. The highest BCUT2D eigenvalue weighted by Gasteiger charge is 2.13. The zero-order chi connectivity index (χ0) is 9.84. The van der Waals surface area contributed by atoms with E-state index in [2.05, 4.69) is 5.92 Å². The van der Waals surface area contributed by atoms with Gasteiger partial charge in [-0.25, -0.2) is 0 Å². The van der Waals surface area contributed by atoms with Crippen LogP contribution in [0.2, 0.25) is 8.67 Å². The third-order valence-electron chi connectivity index (χ3n) is 1.60. The minimum atomic E-state index is -0.604. The van der Waals surface area contributed by atoms with Gasteiger partial charge in [0, 0.05) is 12.0 Å². The molecule has 1 atom stereocenters. The van der Waals surface area contributed by atoms with Crippen LogP contribution in [0.5, 0.6) is 0 Å². The summed E-state index contributed by atoms with van der Waals surface area (Å²) < 4.78 is 1.12. The molecule has 1 unspecified atom stereocenters. The van der Waals surface area contributed by atoms with E-state index in [0.29, 0.717) is 27.1 Å². The predicted octanol–water partition coefficient (Wildman–Crippen LogP) is 3.50. The fraction of sp³-hybridized carbons (Fsp3) is 0.333. The van der Waals surface area contributed by atoms with Crippen molar-refractivity contribution in [1.29, 1.82) is 0 Å². The highest BCUT2D eigenvalue weighted by molar-refractivity contribution is 7.20. The maximum Gasteiger partial charge on any atom is 0.100 e. The Bertz CT molecular complexity index is 327. The number of halogens is 2. The summed E-state index contributed by atoms with van der Waals surface area (Å²) in [6.07, 6.45) is 5.53. The van der Waals surface area contributed by atoms with Gasteiger partial charge in [-0.2, -0.15) is 0 Å². The molecule has 4 heteroatoms. The Hall–Kier alpha value is -0.200. The van der Waals surface area contributed by atoms with Crippen molar-refractivity contribution in [1.82, 2.24) is 0 Å². The predicted molar refractivity (Wildman–Crippen MR) is 57.4 cm³/mol. The van der Waals surface area contributed by atoms with Crippen molar-refractivity contribution < 1.29 is 5.11 Å². The number of hydrogen-bond acceptors (Lipinski definition) is 2. The molecule has 0 spiro atoms. The Labute approximate surface area is 91.3 Å². The van der Waals surface area contributed by atoms with Crippen molar-refractivity contribution in [2.75, 3.05) is 0 Å². The number of hydrogen-bond donors (Lipinski definition) is 1. The molecule has 1 heterocycles. The molecule has 0 aliphatic heterocycles. The third kappa shape index (κ3) is 2.89. The molecule has 0 saturated carbocycles. The van der Waals surface area contributed by atoms with Crippen LogP contribution in [-0.4, -0.2) is 5.11 Å². The molecule has 0 aliphatic carbocycles. The topological polar surface area (TPSA) is 20.2 Å². The van der Waals surface area contributed by atoms with Gasteiger partial charge >= 0.3 is 0 Å². The van der Waals surface area contributed by atoms with E-state index < -0.39 is 6.10 Å². The van der Waals surface area contributed by atoms with Crippen molar-refractivity contribution >= 4 is 34.5 Å². The second-order valence-electron chi connectivity index (χ2n) is 2.54. The molecule has 1 rings (SSSR count). The van der Waals surface area contributed by atoms with Crippen LogP contribution in [0.4, 0.5) is 0 Å². The first kappa shape index (κ1) is 10.9. The van der Waals surface area contributed by atoms with Crippen LogP contribution in [0.15, 0.2) is 6.07 Å². The molecule has 13 heavy (non-hydrogen) atoms. The molecule has 0 aromatic carbocycles. The zero-order valence-corrected chi connectivity index (χ0v) is 9.09. The number of rotatable bonds is 3. The van der Waals surface area contributed by atoms with Gasteiger partial charge in [-0.05, 0) is 12.5 Å². The van der Waals surface area contributed by atoms with Crippen LogP contribution < -0.4 is 0 Å². The van der Waals surface area contributed by atoms with Crippen molar-refractivity contribution in [3.63, 3.8) is 0 Å². The summed E-state index contributed by atoms with van der Waals surface area (Å²) in [7, 11) is 0. The third-order valence-corrected chi connectivity index (χ3v) is 3.12. The Morgan fingerprint density at radius 3 is 2.77 bits per heavy atom. The number of terminal acetylenes is 1. The van der Waals surface area contributed by atoms with E-state index >= 15 is 0 Å². The SMILES string of the molecule is C#CCCC(O)c1cc(Cl)sc1Cl. The fourth-order valence-corrected chi connectivity index (χ4v) is 2.52. The molecule has 0 aliphatic rings. The van der Waals surface area contributed by atoms with Gasteiger partial charge in [0.05, 0.1) is 10.4 Å². The van der Waals surface area contributed by atoms with Gasteiger partial charge in [-0.3, -0.25) is 0 Å². The first-order valence-corrected chi connectivity index (χ1v) is 5.28. The average Bonchev–Trinajstić information content (AvgIpc) is 2.41. The summed E-state index contributed by atoms with van der Waals surface area (Å²) in [5, 5.41) is 9.61. The zero-order valence-electron chi connectivity index (χ0n) is 6.76. The van der Waals surface area contributed by atoms with Crippen LogP contribution in [0, 0.1) is 12.3 Å². The smallest absolute Gasteiger partial charge is 0.100 e. The summed E-state index contributed by atoms with van der Waals surface area (Å²) >= 11 is 12.8. The minimum absolute atomic E-state index is 0.517. The van der Waals surface area contributed by atoms with E-state index in [1.807, 2.05) is 0 Å². The molecule has 1 N–H and O–H groups in total. The van der Waals surface area contributed by atoms with Crippen molar-refractivity contribution in [2.24, 2.45) is 0 Å². The van der Waals surface area contributed by atoms with Gasteiger partial charge in [0.25, 0.3) is 0 Å². The van der Waals surface area contributed by atoms with E-state index in [9.17, 15) is 5.11 Å². The van der Waals surface area contributed by atoms with Crippen LogP contribution >= 0.6 is 34.5 Å². The standard InChI is InChI=1S/C9H8Cl2OS/c1-2-3-4-7(12)6-5-8(10)13-9(6)11/h1,5,7,12H,3-4H2. The average molecular weight is 235 g/mol. The second kappa shape index (κ2) is 4.88. The van der Waals surface area contributed by atoms with Gasteiger partial charge in [-0.15, -0.1) is 23.7 Å². The van der Waals surface area contributed by atoms with Crippen LogP contribution in [0.3, 0.4) is 0 Å². The van der Waals surface area contributed by atoms with E-state index in [4.69, 9.17) is 29.6 Å². The summed E-state index contributed by atoms with van der Waals surface area (Å²) in [6, 6.07) is 1.68. The van der Waals surface area contributed by atoms with Crippen molar-refractivity contribution in [2.45, 2.75) is 18.9 Å². The Balaban J connectivity index is 2.71. The van der Waals surface area contributed by atoms with E-state index in [1.165, 1.54) is 11.3 Å². The highest BCUT2D eigenvalue weighted by atomic mass is 35.5. The maximum absolute atomic E-state index is 9.61. The molecule has 1 aromatic rings. The van der Waals surface area contributed by atoms with Crippen molar-refractivity contribution in [3.8, 4) is 12.3 Å². The molecule has 0 fully saturated rings. The van der Waals surface area contributed by atoms with Gasteiger partial charge in [0.15, 0.2) is 0 Å². The molecule has 0 saturated heterocycles. The quantitative estimate of drug-likeness (QED) is 0.795. The molecule has 1 nitrogen and oxygen atoms in total. The molecule has 0 bridgehead atoms. The van der Waals surface area contributed by atoms with Gasteiger partial charge in [0.1, 0.15) is 4.34 Å². The number of aliphatic hydroxyl groups is 1. The van der Waals surface area contributed by atoms with Crippen LogP contribution in [-0.2, 0) is 0 Å². The minimum Gasteiger partial charge on any atom is -0.388 e. The van der Waals surface area contributed by atoms with Gasteiger partial charge in [0.2, 0.25) is 0 Å². The summed E-state index contributed by atoms with van der Waals surface area (Å²) in [5.74, 6) is 2.46.